The summed E-state index contributed by atoms with van der Waals surface area (Å²) in [6.45, 7) is 5.06. The van der Waals surface area contributed by atoms with Crippen LogP contribution in [0.5, 0.6) is 0 Å². The Morgan fingerprint density at radius 3 is 2.42 bits per heavy atom. The largest absolute Gasteiger partial charge is 0.476 e. The van der Waals surface area contributed by atoms with Crippen LogP contribution in [0.4, 0.5) is 8.78 Å². The number of hydrogen-bond donors (Lipinski definition) is 0. The molecule has 0 aliphatic heterocycles. The van der Waals surface area contributed by atoms with Crippen LogP contribution >= 0.6 is 19.2 Å². The zero-order valence-electron chi connectivity index (χ0n) is 24.0. The number of thiazole rings is 1. The molecular weight excluding hydrogens is 599 g/mol. The molecule has 228 valence electrons. The van der Waals surface area contributed by atoms with Crippen molar-refractivity contribution >= 4 is 19.2 Å². The lowest BCUT2D eigenvalue weighted by molar-refractivity contribution is -0.143. The van der Waals surface area contributed by atoms with Gasteiger partial charge < -0.3 is 4.74 Å². The van der Waals surface area contributed by atoms with Crippen molar-refractivity contribution in [2.75, 3.05) is 20.0 Å². The van der Waals surface area contributed by atoms with E-state index in [1.807, 2.05) is 19.2 Å². The average Bonchev–Trinajstić information content (AvgIpc) is 3.71. The molecule has 0 aliphatic carbocycles. The molecule has 0 radical (unpaired) electrons. The third-order valence-corrected chi connectivity index (χ3v) is 9.03. The van der Waals surface area contributed by atoms with Gasteiger partial charge in [-0.2, -0.15) is 10.4 Å². The monoisotopic (exact) mass is 631 g/mol. The molecule has 0 saturated carbocycles. The van der Waals surface area contributed by atoms with Gasteiger partial charge in [0.1, 0.15) is 29.9 Å². The van der Waals surface area contributed by atoms with Crippen molar-refractivity contribution in [2.45, 2.75) is 51.7 Å². The van der Waals surface area contributed by atoms with Gasteiger partial charge in [-0.3, -0.25) is 13.6 Å². The molecule has 4 aromatic rings. The SMILES string of the molecule is CCCOP(=O)(OCCC)OCO[C@@](Cn1cncn1)(c1ccc(F)cc1F)[C@@H](C)c1nc(-c2ccc(C#N)cc2)cs1. The number of ether oxygens (including phenoxy) is 1. The first-order valence-electron chi connectivity index (χ1n) is 13.6. The van der Waals surface area contributed by atoms with Gasteiger partial charge in [-0.1, -0.05) is 39.0 Å². The molecule has 0 amide bonds. The highest BCUT2D eigenvalue weighted by Crippen LogP contribution is 2.51. The zero-order valence-corrected chi connectivity index (χ0v) is 25.7. The van der Waals surface area contributed by atoms with Crippen LogP contribution in [0.25, 0.3) is 11.3 Å². The van der Waals surface area contributed by atoms with E-state index < -0.39 is 37.8 Å². The molecule has 0 aliphatic rings. The number of rotatable bonds is 16. The number of phosphoric acid groups is 1. The van der Waals surface area contributed by atoms with Gasteiger partial charge in [0.2, 0.25) is 0 Å². The number of benzene rings is 2. The summed E-state index contributed by atoms with van der Waals surface area (Å²) in [5, 5.41) is 15.7. The van der Waals surface area contributed by atoms with E-state index in [1.54, 1.807) is 31.2 Å². The summed E-state index contributed by atoms with van der Waals surface area (Å²) < 4.78 is 67.2. The van der Waals surface area contributed by atoms with Crippen LogP contribution in [0, 0.1) is 23.0 Å². The van der Waals surface area contributed by atoms with Crippen molar-refractivity contribution < 1.29 is 31.7 Å². The Bertz CT molecular complexity index is 1550. The third-order valence-electron chi connectivity index (χ3n) is 6.59. The molecule has 2 aromatic carbocycles. The van der Waals surface area contributed by atoms with Crippen LogP contribution in [0.2, 0.25) is 0 Å². The van der Waals surface area contributed by atoms with Crippen molar-refractivity contribution in [2.24, 2.45) is 0 Å². The fraction of sp³-hybridized carbons (Fsp3) is 0.379. The van der Waals surface area contributed by atoms with E-state index in [0.29, 0.717) is 29.1 Å². The molecule has 4 rings (SSSR count). The fourth-order valence-corrected chi connectivity index (χ4v) is 6.52. The molecule has 0 bridgehead atoms. The number of nitriles is 1. The van der Waals surface area contributed by atoms with Gasteiger partial charge in [0.25, 0.3) is 0 Å². The molecule has 0 unspecified atom stereocenters. The van der Waals surface area contributed by atoms with Gasteiger partial charge in [0.15, 0.2) is 6.79 Å². The maximum absolute atomic E-state index is 15.6. The Hall–Kier alpha value is -3.37. The summed E-state index contributed by atoms with van der Waals surface area (Å²) in [5.41, 5.74) is 0.352. The van der Waals surface area contributed by atoms with Crippen LogP contribution in [0.3, 0.4) is 0 Å². The lowest BCUT2D eigenvalue weighted by atomic mass is 9.81. The molecule has 2 heterocycles. The first-order valence-corrected chi connectivity index (χ1v) is 16.0. The quantitative estimate of drug-likeness (QED) is 0.0933. The molecule has 0 fully saturated rings. The van der Waals surface area contributed by atoms with Gasteiger partial charge in [-0.05, 0) is 31.0 Å². The highest BCUT2D eigenvalue weighted by atomic mass is 32.1. The Morgan fingerprint density at radius 1 is 1.09 bits per heavy atom. The minimum atomic E-state index is -4.01. The summed E-state index contributed by atoms with van der Waals surface area (Å²) in [6.07, 6.45) is 3.91. The maximum atomic E-state index is 15.6. The van der Waals surface area contributed by atoms with Crippen molar-refractivity contribution in [3.63, 3.8) is 0 Å². The number of hydrogen-bond acceptors (Lipinski definition) is 10. The van der Waals surface area contributed by atoms with Crippen LogP contribution in [0.15, 0.2) is 60.5 Å². The normalized spacial score (nSPS) is 13.9. The van der Waals surface area contributed by atoms with Crippen LogP contribution in [-0.2, 0) is 35.0 Å². The lowest BCUT2D eigenvalue weighted by Gasteiger charge is -2.38. The second kappa shape index (κ2) is 14.9. The topological polar surface area (TPSA) is 121 Å². The number of halogens is 2. The van der Waals surface area contributed by atoms with E-state index in [0.717, 1.165) is 17.7 Å². The molecule has 2 aromatic heterocycles. The predicted octanol–water partition coefficient (Wildman–Crippen LogP) is 7.20. The van der Waals surface area contributed by atoms with Gasteiger partial charge in [0.05, 0.1) is 42.1 Å². The summed E-state index contributed by atoms with van der Waals surface area (Å²) >= 11 is 1.32. The molecule has 10 nitrogen and oxygen atoms in total. The summed E-state index contributed by atoms with van der Waals surface area (Å²) in [5.74, 6) is -2.30. The second-order valence-corrected chi connectivity index (χ2v) is 12.2. The number of phosphoric ester groups is 1. The maximum Gasteiger partial charge on any atom is 0.476 e. The summed E-state index contributed by atoms with van der Waals surface area (Å²) in [6, 6.07) is 12.3. The average molecular weight is 632 g/mol. The summed E-state index contributed by atoms with van der Waals surface area (Å²) in [4.78, 5) is 8.81. The fourth-order valence-electron chi connectivity index (χ4n) is 4.34. The smallest absolute Gasteiger partial charge is 0.341 e. The third kappa shape index (κ3) is 7.97. The molecule has 0 N–H and O–H groups in total. The van der Waals surface area contributed by atoms with Gasteiger partial charge in [-0.15, -0.1) is 11.3 Å². The molecule has 43 heavy (non-hydrogen) atoms. The Labute approximate surface area is 252 Å². The van der Waals surface area contributed by atoms with E-state index in [1.165, 1.54) is 34.7 Å². The molecule has 0 spiro atoms. The molecule has 2 atom stereocenters. The van der Waals surface area contributed by atoms with Crippen LogP contribution in [0.1, 0.15) is 55.7 Å². The van der Waals surface area contributed by atoms with Crippen molar-refractivity contribution in [1.82, 2.24) is 19.7 Å². The van der Waals surface area contributed by atoms with Crippen molar-refractivity contribution in [1.29, 1.82) is 5.26 Å². The molecule has 0 saturated heterocycles. The van der Waals surface area contributed by atoms with E-state index in [4.69, 9.17) is 28.6 Å². The molecule has 14 heteroatoms. The minimum absolute atomic E-state index is 0.00871. The minimum Gasteiger partial charge on any atom is -0.341 e. The highest BCUT2D eigenvalue weighted by molar-refractivity contribution is 7.48. The molecular formula is C29H32F2N5O5PS. The van der Waals surface area contributed by atoms with Gasteiger partial charge in [0, 0.05) is 28.5 Å². The Balaban J connectivity index is 1.76. The second-order valence-electron chi connectivity index (χ2n) is 9.59. The van der Waals surface area contributed by atoms with Gasteiger partial charge in [-0.25, -0.2) is 28.0 Å². The number of nitrogens with zero attached hydrogens (tertiary/aromatic N) is 5. The highest BCUT2D eigenvalue weighted by Gasteiger charge is 2.45. The zero-order chi connectivity index (χ0) is 30.9. The van der Waals surface area contributed by atoms with E-state index in [-0.39, 0.29) is 25.3 Å². The van der Waals surface area contributed by atoms with Crippen molar-refractivity contribution in [3.05, 3.63) is 88.3 Å². The van der Waals surface area contributed by atoms with E-state index in [9.17, 15) is 8.96 Å². The Morgan fingerprint density at radius 2 is 1.81 bits per heavy atom. The standard InChI is InChI=1S/C29H32F2N5O5PS/c1-4-12-39-42(37,40-13-5-2)41-20-38-29(17-36-19-33-18-34-36,25-11-10-24(30)14-26(25)31)21(3)28-35-27(16-43-28)23-8-6-22(15-32)7-9-23/h6-11,14,16,18-19,21H,4-5,12-13,17,20H2,1-3H3/t21-,29+/m0/s1. The first kappa shape index (κ1) is 32.5. The van der Waals surface area contributed by atoms with E-state index >= 15 is 4.39 Å². The first-order chi connectivity index (χ1) is 20.7. The van der Waals surface area contributed by atoms with Crippen LogP contribution in [-0.4, -0.2) is 39.8 Å². The lowest BCUT2D eigenvalue weighted by Crippen LogP contribution is -2.41. The predicted molar refractivity (Wildman–Crippen MR) is 156 cm³/mol. The number of aromatic nitrogens is 4. The van der Waals surface area contributed by atoms with E-state index in [2.05, 4.69) is 16.2 Å². The van der Waals surface area contributed by atoms with Gasteiger partial charge >= 0.3 is 7.82 Å². The summed E-state index contributed by atoms with van der Waals surface area (Å²) in [7, 11) is -4.01. The van der Waals surface area contributed by atoms with Crippen molar-refractivity contribution in [3.8, 4) is 17.3 Å². The van der Waals surface area contributed by atoms with Crippen LogP contribution < -0.4 is 0 Å². The Kier molecular flexibility index (Phi) is 11.3.